The summed E-state index contributed by atoms with van der Waals surface area (Å²) < 4.78 is 36.1. The second kappa shape index (κ2) is 5.77. The molecule has 0 saturated heterocycles. The van der Waals surface area contributed by atoms with E-state index in [4.69, 9.17) is 11.6 Å². The third-order valence-corrected chi connectivity index (χ3v) is 2.29. The van der Waals surface area contributed by atoms with E-state index in [1.54, 1.807) is 0 Å². The van der Waals surface area contributed by atoms with Crippen molar-refractivity contribution in [3.05, 3.63) is 28.3 Å². The summed E-state index contributed by atoms with van der Waals surface area (Å²) in [5.41, 5.74) is -0.874. The van der Waals surface area contributed by atoms with Gasteiger partial charge in [0.1, 0.15) is 5.56 Å². The molecule has 0 saturated carbocycles. The van der Waals surface area contributed by atoms with Crippen LogP contribution in [0.1, 0.15) is 17.3 Å². The molecule has 0 aliphatic heterocycles. The lowest BCUT2D eigenvalue weighted by molar-refractivity contribution is -0.137. The lowest BCUT2D eigenvalue weighted by Crippen LogP contribution is -2.20. The number of carbonyl (C=O) groups is 2. The molecule has 18 heavy (non-hydrogen) atoms. The zero-order valence-corrected chi connectivity index (χ0v) is 10.3. The predicted octanol–water partition coefficient (Wildman–Crippen LogP) is 2.37. The number of benzene rings is 1. The number of ether oxygens (including phenoxy) is 2. The Hall–Kier alpha value is -1.69. The number of halogens is 3. The van der Waals surface area contributed by atoms with Crippen molar-refractivity contribution in [3.8, 4) is 5.75 Å². The van der Waals surface area contributed by atoms with Crippen molar-refractivity contribution >= 4 is 23.4 Å². The van der Waals surface area contributed by atoms with Crippen LogP contribution in [0.15, 0.2) is 6.07 Å². The monoisotopic (exact) mass is 278 g/mol. The molecule has 0 unspecified atom stereocenters. The van der Waals surface area contributed by atoms with Gasteiger partial charge in [-0.3, -0.25) is 4.79 Å². The molecule has 0 atom stereocenters. The van der Waals surface area contributed by atoms with Gasteiger partial charge in [-0.05, 0) is 13.0 Å². The molecule has 7 heteroatoms. The quantitative estimate of drug-likeness (QED) is 0.367. The molecule has 0 aliphatic carbocycles. The Bertz CT molecular complexity index is 502. The van der Waals surface area contributed by atoms with E-state index in [1.807, 2.05) is 0 Å². The first kappa shape index (κ1) is 14.4. The molecule has 4 nitrogen and oxygen atoms in total. The average molecular weight is 279 g/mol. The molecule has 0 aliphatic rings. The largest absolute Gasteiger partial charge is 0.493 e. The van der Waals surface area contributed by atoms with E-state index in [0.717, 1.165) is 7.11 Å². The molecule has 0 bridgehead atoms. The van der Waals surface area contributed by atoms with Gasteiger partial charge in [-0.15, -0.1) is 0 Å². The van der Waals surface area contributed by atoms with Crippen molar-refractivity contribution in [2.24, 2.45) is 0 Å². The average Bonchev–Trinajstić information content (AvgIpc) is 2.32. The van der Waals surface area contributed by atoms with Crippen molar-refractivity contribution in [2.75, 3.05) is 13.7 Å². The van der Waals surface area contributed by atoms with Gasteiger partial charge >= 0.3 is 5.97 Å². The number of hydrogen-bond acceptors (Lipinski definition) is 4. The maximum absolute atomic E-state index is 13.7. The van der Waals surface area contributed by atoms with Gasteiger partial charge in [-0.2, -0.15) is 0 Å². The minimum absolute atomic E-state index is 0.0719. The Labute approximate surface area is 106 Å². The van der Waals surface area contributed by atoms with Crippen molar-refractivity contribution in [2.45, 2.75) is 6.92 Å². The molecule has 0 aromatic heterocycles. The van der Waals surface area contributed by atoms with Crippen LogP contribution >= 0.6 is 11.6 Å². The van der Waals surface area contributed by atoms with E-state index in [-0.39, 0.29) is 6.61 Å². The molecule has 0 heterocycles. The van der Waals surface area contributed by atoms with E-state index in [9.17, 15) is 18.4 Å². The van der Waals surface area contributed by atoms with E-state index in [0.29, 0.717) is 6.07 Å². The van der Waals surface area contributed by atoms with Crippen molar-refractivity contribution in [1.29, 1.82) is 0 Å². The van der Waals surface area contributed by atoms with Crippen LogP contribution in [0.2, 0.25) is 5.02 Å². The second-order valence-electron chi connectivity index (χ2n) is 3.11. The van der Waals surface area contributed by atoms with Crippen molar-refractivity contribution in [3.63, 3.8) is 0 Å². The second-order valence-corrected chi connectivity index (χ2v) is 3.52. The Morgan fingerprint density at radius 1 is 1.39 bits per heavy atom. The molecular formula is C11H9ClF2O4. The Kier molecular flexibility index (Phi) is 4.61. The molecule has 0 fully saturated rings. The highest BCUT2D eigenvalue weighted by Gasteiger charge is 2.29. The van der Waals surface area contributed by atoms with Gasteiger partial charge in [0.25, 0.3) is 5.78 Å². The maximum atomic E-state index is 13.7. The van der Waals surface area contributed by atoms with Gasteiger partial charge in [0.15, 0.2) is 17.4 Å². The first-order valence-electron chi connectivity index (χ1n) is 4.86. The number of carbonyl (C=O) groups excluding carboxylic acids is 2. The summed E-state index contributed by atoms with van der Waals surface area (Å²) in [6.07, 6.45) is 0. The molecule has 0 amide bonds. The molecule has 1 aromatic rings. The fraction of sp³-hybridized carbons (Fsp3) is 0.273. The number of ketones is 1. The Morgan fingerprint density at radius 3 is 2.50 bits per heavy atom. The van der Waals surface area contributed by atoms with Crippen LogP contribution in [-0.4, -0.2) is 25.5 Å². The lowest BCUT2D eigenvalue weighted by Gasteiger charge is -2.10. The molecule has 1 rings (SSSR count). The van der Waals surface area contributed by atoms with Gasteiger partial charge in [-0.25, -0.2) is 13.6 Å². The molecule has 98 valence electrons. The van der Waals surface area contributed by atoms with E-state index >= 15 is 0 Å². The van der Waals surface area contributed by atoms with Gasteiger partial charge in [0, 0.05) is 0 Å². The van der Waals surface area contributed by atoms with Gasteiger partial charge in [0.2, 0.25) is 0 Å². The van der Waals surface area contributed by atoms with Crippen molar-refractivity contribution in [1.82, 2.24) is 0 Å². The fourth-order valence-corrected chi connectivity index (χ4v) is 1.47. The van der Waals surface area contributed by atoms with Crippen LogP contribution in [0.3, 0.4) is 0 Å². The zero-order chi connectivity index (χ0) is 13.9. The van der Waals surface area contributed by atoms with Crippen LogP contribution < -0.4 is 4.74 Å². The van der Waals surface area contributed by atoms with Crippen LogP contribution in [0.5, 0.6) is 5.75 Å². The standard InChI is InChI=1S/C11H9ClF2O4/c1-3-18-11(16)9(15)7-8(14)5(12)4-6(13)10(7)17-2/h4H,3H2,1-2H3. The predicted molar refractivity (Wildman–Crippen MR) is 58.9 cm³/mol. The normalized spacial score (nSPS) is 10.1. The summed E-state index contributed by atoms with van der Waals surface area (Å²) in [5.74, 6) is -5.62. The van der Waals surface area contributed by atoms with Crippen molar-refractivity contribution < 1.29 is 27.8 Å². The Balaban J connectivity index is 3.38. The molecule has 0 N–H and O–H groups in total. The van der Waals surface area contributed by atoms with Crippen LogP contribution in [0.4, 0.5) is 8.78 Å². The summed E-state index contributed by atoms with van der Waals surface area (Å²) >= 11 is 5.40. The van der Waals surface area contributed by atoms with E-state index in [2.05, 4.69) is 9.47 Å². The van der Waals surface area contributed by atoms with Crippen LogP contribution in [-0.2, 0) is 9.53 Å². The summed E-state index contributed by atoms with van der Waals surface area (Å²) in [6, 6.07) is 0.650. The highest BCUT2D eigenvalue weighted by molar-refractivity contribution is 6.42. The van der Waals surface area contributed by atoms with Gasteiger partial charge < -0.3 is 9.47 Å². The summed E-state index contributed by atoms with van der Waals surface area (Å²) in [5, 5.41) is -0.624. The Morgan fingerprint density at radius 2 is 2.00 bits per heavy atom. The highest BCUT2D eigenvalue weighted by Crippen LogP contribution is 2.31. The minimum atomic E-state index is -1.35. The number of methoxy groups -OCH3 is 1. The third kappa shape index (κ3) is 2.59. The number of rotatable bonds is 4. The third-order valence-electron chi connectivity index (χ3n) is 2.02. The van der Waals surface area contributed by atoms with Gasteiger partial charge in [-0.1, -0.05) is 11.6 Å². The molecule has 1 aromatic carbocycles. The van der Waals surface area contributed by atoms with Gasteiger partial charge in [0.05, 0.1) is 18.7 Å². The summed E-state index contributed by atoms with van der Waals surface area (Å²) in [4.78, 5) is 22.8. The first-order valence-corrected chi connectivity index (χ1v) is 5.24. The van der Waals surface area contributed by atoms with Crippen LogP contribution in [0, 0.1) is 11.6 Å². The molecular weight excluding hydrogens is 270 g/mol. The SMILES string of the molecule is CCOC(=O)C(=O)c1c(F)c(Cl)cc(F)c1OC. The highest BCUT2D eigenvalue weighted by atomic mass is 35.5. The maximum Gasteiger partial charge on any atom is 0.379 e. The topological polar surface area (TPSA) is 52.6 Å². The first-order chi connectivity index (χ1) is 8.43. The van der Waals surface area contributed by atoms with E-state index in [1.165, 1.54) is 6.92 Å². The number of Topliss-reactive ketones (excluding diaryl/α,β-unsaturated/α-hetero) is 1. The summed E-state index contributed by atoms with van der Waals surface area (Å²) in [7, 11) is 1.04. The molecule has 0 spiro atoms. The zero-order valence-electron chi connectivity index (χ0n) is 9.55. The number of hydrogen-bond donors (Lipinski definition) is 0. The fourth-order valence-electron chi connectivity index (χ4n) is 1.28. The lowest BCUT2D eigenvalue weighted by atomic mass is 10.1. The van der Waals surface area contributed by atoms with Crippen LogP contribution in [0.25, 0.3) is 0 Å². The number of esters is 1. The summed E-state index contributed by atoms with van der Waals surface area (Å²) in [6.45, 7) is 1.40. The smallest absolute Gasteiger partial charge is 0.379 e. The minimum Gasteiger partial charge on any atom is -0.493 e. The van der Waals surface area contributed by atoms with E-state index < -0.39 is 39.7 Å². The molecule has 0 radical (unpaired) electrons.